The standard InChI is InChI=1S/C17H18F3N3O2/c1-10(24)23-9-11(5-6-15(23)17(18,19)20)22-16(25)13-3-2-4-14-12(13)7-8-21-14/h2-4,7-8,11,15,21H,5-6,9H2,1H3,(H,22,25). The van der Waals surface area contributed by atoms with Gasteiger partial charge in [-0.1, -0.05) is 6.07 Å². The van der Waals surface area contributed by atoms with Crippen molar-refractivity contribution in [1.29, 1.82) is 0 Å². The van der Waals surface area contributed by atoms with Crippen LogP contribution in [0.25, 0.3) is 10.9 Å². The van der Waals surface area contributed by atoms with Crippen molar-refractivity contribution in [3.63, 3.8) is 0 Å². The lowest BCUT2D eigenvalue weighted by molar-refractivity contribution is -0.196. The maximum absolute atomic E-state index is 13.1. The summed E-state index contributed by atoms with van der Waals surface area (Å²) in [5.41, 5.74) is 1.25. The normalized spacial score (nSPS) is 21.4. The third-order valence-corrected chi connectivity index (χ3v) is 4.54. The molecule has 134 valence electrons. The summed E-state index contributed by atoms with van der Waals surface area (Å²) >= 11 is 0. The van der Waals surface area contributed by atoms with Gasteiger partial charge in [0.25, 0.3) is 5.91 Å². The zero-order chi connectivity index (χ0) is 18.2. The summed E-state index contributed by atoms with van der Waals surface area (Å²) in [5, 5.41) is 3.50. The molecule has 0 saturated carbocycles. The predicted octanol–water partition coefficient (Wildman–Crippen LogP) is 2.84. The van der Waals surface area contributed by atoms with E-state index in [4.69, 9.17) is 0 Å². The Morgan fingerprint density at radius 3 is 2.68 bits per heavy atom. The Morgan fingerprint density at radius 2 is 2.00 bits per heavy atom. The van der Waals surface area contributed by atoms with Gasteiger partial charge >= 0.3 is 6.18 Å². The number of alkyl halides is 3. The van der Waals surface area contributed by atoms with Crippen LogP contribution < -0.4 is 5.32 Å². The van der Waals surface area contributed by atoms with Gasteiger partial charge in [0.1, 0.15) is 6.04 Å². The number of hydrogen-bond donors (Lipinski definition) is 2. The zero-order valence-electron chi connectivity index (χ0n) is 13.6. The third kappa shape index (κ3) is 3.47. The van der Waals surface area contributed by atoms with Crippen LogP contribution in [0.2, 0.25) is 0 Å². The average molecular weight is 353 g/mol. The minimum atomic E-state index is -4.46. The number of nitrogens with one attached hydrogen (secondary N) is 2. The Hall–Kier alpha value is -2.51. The second kappa shape index (κ2) is 6.42. The number of aromatic amines is 1. The van der Waals surface area contributed by atoms with Crippen LogP contribution in [0.5, 0.6) is 0 Å². The molecule has 1 saturated heterocycles. The molecular formula is C17H18F3N3O2. The first-order valence-electron chi connectivity index (χ1n) is 7.98. The Kier molecular flexibility index (Phi) is 4.45. The molecule has 3 rings (SSSR count). The fourth-order valence-electron chi connectivity index (χ4n) is 3.32. The molecule has 25 heavy (non-hydrogen) atoms. The number of amides is 2. The zero-order valence-corrected chi connectivity index (χ0v) is 13.6. The number of hydrogen-bond acceptors (Lipinski definition) is 2. The lowest BCUT2D eigenvalue weighted by atomic mass is 9.97. The topological polar surface area (TPSA) is 65.2 Å². The van der Waals surface area contributed by atoms with E-state index in [-0.39, 0.29) is 25.3 Å². The molecule has 1 aromatic carbocycles. The Balaban J connectivity index is 1.74. The van der Waals surface area contributed by atoms with Gasteiger partial charge in [-0.05, 0) is 31.0 Å². The molecule has 2 unspecified atom stereocenters. The van der Waals surface area contributed by atoms with Gasteiger partial charge in [0, 0.05) is 42.2 Å². The van der Waals surface area contributed by atoms with Crippen molar-refractivity contribution in [2.24, 2.45) is 0 Å². The van der Waals surface area contributed by atoms with Gasteiger partial charge in [0.2, 0.25) is 5.91 Å². The second-order valence-corrected chi connectivity index (χ2v) is 6.22. The number of H-pyrrole nitrogens is 1. The summed E-state index contributed by atoms with van der Waals surface area (Å²) in [5.74, 6) is -1.00. The van der Waals surface area contributed by atoms with E-state index in [9.17, 15) is 22.8 Å². The van der Waals surface area contributed by atoms with E-state index in [0.29, 0.717) is 5.56 Å². The maximum Gasteiger partial charge on any atom is 0.408 e. The molecule has 8 heteroatoms. The monoisotopic (exact) mass is 353 g/mol. The van der Waals surface area contributed by atoms with Crippen molar-refractivity contribution in [2.75, 3.05) is 6.54 Å². The number of nitrogens with zero attached hydrogens (tertiary/aromatic N) is 1. The highest BCUT2D eigenvalue weighted by atomic mass is 19.4. The number of aromatic nitrogens is 1. The summed E-state index contributed by atoms with van der Waals surface area (Å²) < 4.78 is 39.2. The van der Waals surface area contributed by atoms with Gasteiger partial charge in [-0.3, -0.25) is 9.59 Å². The Morgan fingerprint density at radius 1 is 1.24 bits per heavy atom. The van der Waals surface area contributed by atoms with E-state index in [1.165, 1.54) is 0 Å². The van der Waals surface area contributed by atoms with Crippen molar-refractivity contribution >= 4 is 22.7 Å². The highest BCUT2D eigenvalue weighted by Gasteiger charge is 2.47. The lowest BCUT2D eigenvalue weighted by Crippen LogP contribution is -2.57. The van der Waals surface area contributed by atoms with E-state index in [0.717, 1.165) is 22.7 Å². The molecule has 2 amide bonds. The van der Waals surface area contributed by atoms with Crippen LogP contribution >= 0.6 is 0 Å². The number of carbonyl (C=O) groups excluding carboxylic acids is 2. The molecule has 2 atom stereocenters. The molecular weight excluding hydrogens is 335 g/mol. The summed E-state index contributed by atoms with van der Waals surface area (Å²) in [4.78, 5) is 27.9. The van der Waals surface area contributed by atoms with Gasteiger partial charge in [-0.25, -0.2) is 0 Å². The van der Waals surface area contributed by atoms with E-state index < -0.39 is 24.2 Å². The van der Waals surface area contributed by atoms with Gasteiger partial charge in [0.15, 0.2) is 0 Å². The molecule has 1 aromatic heterocycles. The second-order valence-electron chi connectivity index (χ2n) is 6.22. The Bertz CT molecular complexity index is 800. The van der Waals surface area contributed by atoms with Crippen LogP contribution in [0.15, 0.2) is 30.5 Å². The molecule has 0 aliphatic carbocycles. The van der Waals surface area contributed by atoms with Crippen molar-refractivity contribution in [2.45, 2.75) is 38.0 Å². The molecule has 0 radical (unpaired) electrons. The number of fused-ring (bicyclic) bond motifs is 1. The van der Waals surface area contributed by atoms with Crippen LogP contribution in [0.4, 0.5) is 13.2 Å². The molecule has 2 aromatic rings. The molecule has 0 bridgehead atoms. The van der Waals surface area contributed by atoms with E-state index in [2.05, 4.69) is 10.3 Å². The van der Waals surface area contributed by atoms with Crippen molar-refractivity contribution in [3.8, 4) is 0 Å². The van der Waals surface area contributed by atoms with Crippen LogP contribution in [0.3, 0.4) is 0 Å². The van der Waals surface area contributed by atoms with Gasteiger partial charge in [-0.2, -0.15) is 13.2 Å². The largest absolute Gasteiger partial charge is 0.408 e. The molecule has 1 fully saturated rings. The van der Waals surface area contributed by atoms with Crippen LogP contribution in [0, 0.1) is 0 Å². The van der Waals surface area contributed by atoms with Crippen molar-refractivity contribution in [1.82, 2.24) is 15.2 Å². The first kappa shape index (κ1) is 17.3. The molecule has 2 N–H and O–H groups in total. The SMILES string of the molecule is CC(=O)N1CC(NC(=O)c2cccc3[nH]ccc23)CCC1C(F)(F)F. The average Bonchev–Trinajstić information content (AvgIpc) is 3.02. The van der Waals surface area contributed by atoms with Crippen molar-refractivity contribution < 1.29 is 22.8 Å². The number of likely N-dealkylation sites (tertiary alicyclic amines) is 1. The summed E-state index contributed by atoms with van der Waals surface area (Å²) in [7, 11) is 0. The minimum Gasteiger partial charge on any atom is -0.361 e. The quantitative estimate of drug-likeness (QED) is 0.872. The number of halogens is 3. The minimum absolute atomic E-state index is 0.144. The Labute approximate surface area is 142 Å². The van der Waals surface area contributed by atoms with Crippen LogP contribution in [-0.2, 0) is 4.79 Å². The predicted molar refractivity (Wildman–Crippen MR) is 86.0 cm³/mol. The number of piperidine rings is 1. The van der Waals surface area contributed by atoms with Gasteiger partial charge < -0.3 is 15.2 Å². The first-order chi connectivity index (χ1) is 11.8. The van der Waals surface area contributed by atoms with E-state index in [1.54, 1.807) is 24.4 Å². The number of benzene rings is 1. The molecule has 2 heterocycles. The number of carbonyl (C=O) groups is 2. The number of rotatable bonds is 2. The highest BCUT2D eigenvalue weighted by molar-refractivity contribution is 6.06. The molecule has 0 spiro atoms. The molecule has 1 aliphatic rings. The van der Waals surface area contributed by atoms with Gasteiger partial charge in [-0.15, -0.1) is 0 Å². The maximum atomic E-state index is 13.1. The fraction of sp³-hybridized carbons (Fsp3) is 0.412. The van der Waals surface area contributed by atoms with E-state index >= 15 is 0 Å². The summed E-state index contributed by atoms with van der Waals surface area (Å²) in [6, 6.07) is 4.70. The fourth-order valence-corrected chi connectivity index (χ4v) is 3.32. The third-order valence-electron chi connectivity index (χ3n) is 4.54. The summed E-state index contributed by atoms with van der Waals surface area (Å²) in [6.07, 6.45) is -2.80. The van der Waals surface area contributed by atoms with Crippen LogP contribution in [-0.4, -0.2) is 46.5 Å². The smallest absolute Gasteiger partial charge is 0.361 e. The summed E-state index contributed by atoms with van der Waals surface area (Å²) in [6.45, 7) is 0.970. The van der Waals surface area contributed by atoms with E-state index in [1.807, 2.05) is 6.07 Å². The van der Waals surface area contributed by atoms with Crippen molar-refractivity contribution in [3.05, 3.63) is 36.0 Å². The van der Waals surface area contributed by atoms with Gasteiger partial charge in [0.05, 0.1) is 0 Å². The highest BCUT2D eigenvalue weighted by Crippen LogP contribution is 2.32. The molecule has 5 nitrogen and oxygen atoms in total. The first-order valence-corrected chi connectivity index (χ1v) is 7.98. The van der Waals surface area contributed by atoms with Crippen LogP contribution in [0.1, 0.15) is 30.1 Å². The molecule has 1 aliphatic heterocycles. The lowest BCUT2D eigenvalue weighted by Gasteiger charge is -2.40.